The van der Waals surface area contributed by atoms with Gasteiger partial charge in [0.25, 0.3) is 10.1 Å². The molecule has 0 aliphatic carbocycles. The summed E-state index contributed by atoms with van der Waals surface area (Å²) in [5.74, 6) is -0.170. The molecule has 0 spiro atoms. The number of hydrogen-bond acceptors (Lipinski definition) is 2. The predicted molar refractivity (Wildman–Crippen MR) is 39.3 cm³/mol. The van der Waals surface area contributed by atoms with Crippen LogP contribution in [0.3, 0.4) is 0 Å². The summed E-state index contributed by atoms with van der Waals surface area (Å²) in [6.45, 7) is 0.429. The van der Waals surface area contributed by atoms with Gasteiger partial charge in [-0.3, -0.25) is 4.55 Å². The van der Waals surface area contributed by atoms with E-state index in [0.717, 1.165) is 0 Å². The number of quaternary nitrogens is 1. The summed E-state index contributed by atoms with van der Waals surface area (Å²) >= 11 is 0. The van der Waals surface area contributed by atoms with Gasteiger partial charge in [0.05, 0.1) is 27.7 Å². The van der Waals surface area contributed by atoms with Crippen LogP contribution in [0.4, 0.5) is 0 Å². The zero-order chi connectivity index (χ0) is 8.41. The van der Waals surface area contributed by atoms with Crippen LogP contribution in [-0.4, -0.2) is 50.9 Å². The van der Waals surface area contributed by atoms with Crippen LogP contribution in [0.25, 0.3) is 0 Å². The largest absolute Gasteiger partial charge is 0.330 e. The minimum absolute atomic E-state index is 0.170. The lowest BCUT2D eigenvalue weighted by Crippen LogP contribution is -2.38. The Morgan fingerprint density at radius 1 is 1.30 bits per heavy atom. The Kier molecular flexibility index (Phi) is 2.82. The topological polar surface area (TPSA) is 54.4 Å². The molecule has 0 atom stereocenters. The molecule has 10 heavy (non-hydrogen) atoms. The molecule has 1 N–H and O–H groups in total. The Morgan fingerprint density at radius 2 is 1.70 bits per heavy atom. The highest BCUT2D eigenvalue weighted by molar-refractivity contribution is 7.85. The van der Waals surface area contributed by atoms with Crippen molar-refractivity contribution in [3.8, 4) is 0 Å². The highest BCUT2D eigenvalue weighted by Crippen LogP contribution is 1.91. The van der Waals surface area contributed by atoms with Crippen molar-refractivity contribution in [3.63, 3.8) is 0 Å². The van der Waals surface area contributed by atoms with Crippen molar-refractivity contribution in [2.75, 3.05) is 33.4 Å². The molecule has 5 heteroatoms. The molecule has 0 aromatic carbocycles. The van der Waals surface area contributed by atoms with Gasteiger partial charge in [-0.1, -0.05) is 0 Å². The molecule has 0 saturated heterocycles. The van der Waals surface area contributed by atoms with Crippen molar-refractivity contribution >= 4 is 10.1 Å². The molecule has 0 aliphatic rings. The van der Waals surface area contributed by atoms with Gasteiger partial charge >= 0.3 is 0 Å². The fraction of sp³-hybridized carbons (Fsp3) is 1.00. The monoisotopic (exact) mass is 168 g/mol. The zero-order valence-corrected chi connectivity index (χ0v) is 7.35. The minimum atomic E-state index is -3.77. The van der Waals surface area contributed by atoms with Gasteiger partial charge in [-0.25, -0.2) is 0 Å². The summed E-state index contributed by atoms with van der Waals surface area (Å²) in [6.07, 6.45) is 0. The second kappa shape index (κ2) is 2.86. The van der Waals surface area contributed by atoms with E-state index in [2.05, 4.69) is 0 Å². The molecular weight excluding hydrogens is 154 g/mol. The molecule has 0 unspecified atom stereocenters. The third kappa shape index (κ3) is 7.87. The third-order valence-electron chi connectivity index (χ3n) is 1.02. The van der Waals surface area contributed by atoms with E-state index >= 15 is 0 Å². The number of nitrogens with zero attached hydrogens (tertiary/aromatic N) is 1. The normalized spacial score (nSPS) is 13.6. The molecule has 0 amide bonds. The van der Waals surface area contributed by atoms with Gasteiger partial charge in [0.1, 0.15) is 5.75 Å². The van der Waals surface area contributed by atoms with Gasteiger partial charge in [-0.05, 0) is 0 Å². The van der Waals surface area contributed by atoms with Crippen LogP contribution in [-0.2, 0) is 10.1 Å². The van der Waals surface area contributed by atoms with Gasteiger partial charge in [-0.15, -0.1) is 0 Å². The van der Waals surface area contributed by atoms with Crippen LogP contribution < -0.4 is 0 Å². The summed E-state index contributed by atoms with van der Waals surface area (Å²) in [5, 5.41) is 0. The minimum Gasteiger partial charge on any atom is -0.330 e. The average molecular weight is 168 g/mol. The highest BCUT2D eigenvalue weighted by Gasteiger charge is 2.12. The van der Waals surface area contributed by atoms with E-state index < -0.39 is 10.1 Å². The molecule has 0 aliphatic heterocycles. The smallest absolute Gasteiger partial charge is 0.270 e. The Morgan fingerprint density at radius 3 is 1.80 bits per heavy atom. The lowest BCUT2D eigenvalue weighted by atomic mass is 10.6. The Labute approximate surface area is 61.8 Å². The van der Waals surface area contributed by atoms with Gasteiger partial charge in [0, 0.05) is 0 Å². The quantitative estimate of drug-likeness (QED) is 0.460. The second-order valence-electron chi connectivity index (χ2n) is 3.30. The molecule has 0 radical (unpaired) electrons. The van der Waals surface area contributed by atoms with E-state index in [1.54, 1.807) is 0 Å². The molecule has 4 nitrogen and oxygen atoms in total. The molecule has 0 bridgehead atoms. The first-order valence-corrected chi connectivity index (χ1v) is 4.57. The van der Waals surface area contributed by atoms with Crippen LogP contribution >= 0.6 is 0 Å². The molecule has 62 valence electrons. The van der Waals surface area contributed by atoms with Crippen molar-refractivity contribution in [2.45, 2.75) is 0 Å². The summed E-state index contributed by atoms with van der Waals surface area (Å²) in [4.78, 5) is 0. The maximum atomic E-state index is 10.2. The summed E-state index contributed by atoms with van der Waals surface area (Å²) in [5.41, 5.74) is 0. The second-order valence-corrected chi connectivity index (χ2v) is 4.87. The summed E-state index contributed by atoms with van der Waals surface area (Å²) in [6, 6.07) is 0. The highest BCUT2D eigenvalue weighted by atomic mass is 32.2. The average Bonchev–Trinajstić information content (AvgIpc) is 1.57. The van der Waals surface area contributed by atoms with Crippen LogP contribution in [0.2, 0.25) is 0 Å². The van der Waals surface area contributed by atoms with Crippen molar-refractivity contribution in [3.05, 3.63) is 0 Å². The first-order valence-electron chi connectivity index (χ1n) is 2.96. The van der Waals surface area contributed by atoms with Crippen LogP contribution in [0.5, 0.6) is 0 Å². The maximum Gasteiger partial charge on any atom is 0.270 e. The van der Waals surface area contributed by atoms with Crippen LogP contribution in [0.1, 0.15) is 0 Å². The number of hydrogen-bond donors (Lipinski definition) is 1. The van der Waals surface area contributed by atoms with Crippen molar-refractivity contribution in [2.24, 2.45) is 0 Å². The van der Waals surface area contributed by atoms with Gasteiger partial charge in [0.2, 0.25) is 0 Å². The molecule has 0 fully saturated rings. The predicted octanol–water partition coefficient (Wildman–Crippen LogP) is -0.420. The molecular formula is C5H14NO3S+. The standard InChI is InChI=1S/C5H13NO3S/c1-6(2,3)4-5-10(7,8)9/h4-5H2,1-3H3/p+1. The fourth-order valence-electron chi connectivity index (χ4n) is 0.389. The molecule has 0 aromatic rings. The zero-order valence-electron chi connectivity index (χ0n) is 6.53. The van der Waals surface area contributed by atoms with E-state index in [1.165, 1.54) is 0 Å². The first-order chi connectivity index (χ1) is 4.21. The summed E-state index contributed by atoms with van der Waals surface area (Å²) < 4.78 is 29.3. The molecule has 0 aromatic heterocycles. The Balaban J connectivity index is 3.79. The lowest BCUT2D eigenvalue weighted by molar-refractivity contribution is -0.867. The molecule has 0 saturated carbocycles. The molecule has 0 heterocycles. The summed E-state index contributed by atoms with van der Waals surface area (Å²) in [7, 11) is 1.83. The SMILES string of the molecule is C[N+](C)(C)CCS(=O)(=O)O. The maximum absolute atomic E-state index is 10.2. The van der Waals surface area contributed by atoms with Gasteiger partial charge in [-0.2, -0.15) is 8.42 Å². The van der Waals surface area contributed by atoms with E-state index in [-0.39, 0.29) is 5.75 Å². The number of rotatable bonds is 3. The van der Waals surface area contributed by atoms with E-state index in [0.29, 0.717) is 11.0 Å². The van der Waals surface area contributed by atoms with Crippen molar-refractivity contribution in [1.29, 1.82) is 0 Å². The third-order valence-corrected chi connectivity index (χ3v) is 1.72. The van der Waals surface area contributed by atoms with E-state index in [9.17, 15) is 8.42 Å². The fourth-order valence-corrected chi connectivity index (χ4v) is 1.17. The first kappa shape index (κ1) is 9.87. The van der Waals surface area contributed by atoms with Crippen molar-refractivity contribution in [1.82, 2.24) is 0 Å². The Bertz CT molecular complexity index is 189. The van der Waals surface area contributed by atoms with Gasteiger partial charge in [0.15, 0.2) is 0 Å². The Hall–Kier alpha value is -0.130. The van der Waals surface area contributed by atoms with E-state index in [1.807, 2.05) is 21.1 Å². The molecule has 0 rings (SSSR count). The van der Waals surface area contributed by atoms with Crippen LogP contribution in [0.15, 0.2) is 0 Å². The lowest BCUT2D eigenvalue weighted by Gasteiger charge is -2.22. The van der Waals surface area contributed by atoms with Gasteiger partial charge < -0.3 is 4.48 Å². The van der Waals surface area contributed by atoms with Crippen molar-refractivity contribution < 1.29 is 17.5 Å². The van der Waals surface area contributed by atoms with Crippen LogP contribution in [0, 0.1) is 0 Å². The van der Waals surface area contributed by atoms with E-state index in [4.69, 9.17) is 4.55 Å².